The molecule has 6 aromatic carbocycles. The molecule has 6 nitrogen and oxygen atoms in total. The van der Waals surface area contributed by atoms with Gasteiger partial charge in [-0.15, -0.1) is 29.7 Å². The number of para-hydroxylation sites is 2. The number of imidazole rings is 1. The third-order valence-corrected chi connectivity index (χ3v) is 12.2. The largest absolute Gasteiger partial charge is 2.00 e. The molecule has 11 aromatic rings. The first kappa shape index (κ1) is 38.9. The summed E-state index contributed by atoms with van der Waals surface area (Å²) in [4.78, 5) is 10.1. The molecule has 61 heavy (non-hydrogen) atoms. The van der Waals surface area contributed by atoms with Crippen LogP contribution in [0.5, 0.6) is 11.5 Å². The number of hydrogen-bond acceptors (Lipinski definition) is 4. The molecule has 0 saturated heterocycles. The van der Waals surface area contributed by atoms with Gasteiger partial charge in [-0.3, -0.25) is 4.98 Å². The molecule has 11 rings (SSSR count). The van der Waals surface area contributed by atoms with Crippen LogP contribution in [0.1, 0.15) is 77.0 Å². The minimum atomic E-state index is -0.0285. The van der Waals surface area contributed by atoms with E-state index < -0.39 is 0 Å². The number of aromatic nitrogens is 4. The van der Waals surface area contributed by atoms with Gasteiger partial charge in [-0.2, -0.15) is 6.07 Å². The average molecular weight is 976 g/mol. The van der Waals surface area contributed by atoms with Gasteiger partial charge in [0, 0.05) is 51.3 Å². The zero-order valence-corrected chi connectivity index (χ0v) is 37.5. The summed E-state index contributed by atoms with van der Waals surface area (Å²) in [6.07, 6.45) is 3.94. The molecule has 0 amide bonds. The van der Waals surface area contributed by atoms with Crippen molar-refractivity contribution in [2.75, 3.05) is 0 Å². The molecule has 0 saturated carbocycles. The molecule has 5 aromatic heterocycles. The van der Waals surface area contributed by atoms with Gasteiger partial charge in [-0.25, -0.2) is 4.98 Å². The van der Waals surface area contributed by atoms with Crippen molar-refractivity contribution in [1.29, 1.82) is 0 Å². The Balaban J connectivity index is 0.00000445. The van der Waals surface area contributed by atoms with Crippen molar-refractivity contribution in [2.45, 2.75) is 65.7 Å². The Morgan fingerprint density at radius 1 is 0.623 bits per heavy atom. The van der Waals surface area contributed by atoms with Crippen LogP contribution in [-0.4, -0.2) is 18.9 Å². The molecule has 0 bridgehead atoms. The zero-order chi connectivity index (χ0) is 41.0. The van der Waals surface area contributed by atoms with E-state index in [1.54, 1.807) is 0 Å². The van der Waals surface area contributed by atoms with E-state index in [2.05, 4.69) is 161 Å². The first-order chi connectivity index (χ1) is 29.0. The number of nitrogens with zero attached hydrogens (tertiary/aromatic N) is 4. The van der Waals surface area contributed by atoms with Crippen LogP contribution in [0.3, 0.4) is 0 Å². The maximum atomic E-state index is 6.72. The monoisotopic (exact) mass is 975 g/mol. The van der Waals surface area contributed by atoms with Gasteiger partial charge in [0.05, 0.1) is 11.3 Å². The van der Waals surface area contributed by atoms with Gasteiger partial charge >= 0.3 is 21.1 Å². The maximum absolute atomic E-state index is 6.72. The molecular weight excluding hydrogens is 932 g/mol. The molecule has 0 fully saturated rings. The Labute approximate surface area is 369 Å². The van der Waals surface area contributed by atoms with Crippen molar-refractivity contribution in [1.82, 2.24) is 18.9 Å². The minimum Gasteiger partial charge on any atom is -0.503 e. The van der Waals surface area contributed by atoms with Crippen LogP contribution in [-0.2, 0) is 26.5 Å². The molecule has 302 valence electrons. The van der Waals surface area contributed by atoms with Gasteiger partial charge in [-0.05, 0) is 81.1 Å². The van der Waals surface area contributed by atoms with Crippen molar-refractivity contribution in [3.8, 4) is 28.6 Å². The predicted octanol–water partition coefficient (Wildman–Crippen LogP) is 14.6. The third-order valence-electron chi connectivity index (χ3n) is 12.2. The molecule has 0 aliphatic heterocycles. The molecule has 0 atom stereocenters. The number of rotatable bonds is 6. The summed E-state index contributed by atoms with van der Waals surface area (Å²) in [6, 6.07) is 47.8. The second-order valence-corrected chi connectivity index (χ2v) is 17.7. The second kappa shape index (κ2) is 14.5. The van der Waals surface area contributed by atoms with E-state index in [0.29, 0.717) is 23.3 Å². The molecule has 0 spiro atoms. The van der Waals surface area contributed by atoms with Crippen molar-refractivity contribution < 1.29 is 30.2 Å². The normalized spacial score (nSPS) is 12.3. The number of ether oxygens (including phenoxy) is 1. The fourth-order valence-corrected chi connectivity index (χ4v) is 9.19. The predicted molar refractivity (Wildman–Crippen MR) is 246 cm³/mol. The topological polar surface area (TPSA) is 57.5 Å². The summed E-state index contributed by atoms with van der Waals surface area (Å²) in [6.45, 7) is 15.8. The summed E-state index contributed by atoms with van der Waals surface area (Å²) in [5, 5.41) is 7.34. The van der Waals surface area contributed by atoms with Gasteiger partial charge in [0.15, 0.2) is 0 Å². The first-order valence-corrected chi connectivity index (χ1v) is 20.9. The van der Waals surface area contributed by atoms with Gasteiger partial charge in [0.1, 0.15) is 17.0 Å². The number of benzene rings is 6. The fourth-order valence-electron chi connectivity index (χ4n) is 9.19. The van der Waals surface area contributed by atoms with Crippen LogP contribution >= 0.6 is 0 Å². The average Bonchev–Trinajstić information content (AvgIpc) is 3.94. The number of furan rings is 1. The van der Waals surface area contributed by atoms with E-state index in [0.717, 1.165) is 82.6 Å². The fraction of sp³-hybridized carbons (Fsp3) is 0.185. The van der Waals surface area contributed by atoms with E-state index in [1.165, 1.54) is 22.3 Å². The van der Waals surface area contributed by atoms with Crippen molar-refractivity contribution in [2.24, 2.45) is 0 Å². The van der Waals surface area contributed by atoms with E-state index in [-0.39, 0.29) is 26.5 Å². The Morgan fingerprint density at radius 2 is 1.33 bits per heavy atom. The van der Waals surface area contributed by atoms with Gasteiger partial charge in [0.2, 0.25) is 0 Å². The third kappa shape index (κ3) is 6.17. The summed E-state index contributed by atoms with van der Waals surface area (Å²) in [5.74, 6) is 2.65. The summed E-state index contributed by atoms with van der Waals surface area (Å²) in [7, 11) is 0. The van der Waals surface area contributed by atoms with Crippen molar-refractivity contribution >= 4 is 71.1 Å². The van der Waals surface area contributed by atoms with Crippen LogP contribution in [0.15, 0.2) is 132 Å². The second-order valence-electron chi connectivity index (χ2n) is 17.7. The summed E-state index contributed by atoms with van der Waals surface area (Å²) >= 11 is 0. The Bertz CT molecular complexity index is 3500. The van der Waals surface area contributed by atoms with Crippen LogP contribution in [0.25, 0.3) is 88.1 Å². The van der Waals surface area contributed by atoms with Crippen LogP contribution in [0.4, 0.5) is 0 Å². The Kier molecular flexibility index (Phi) is 9.23. The number of fused-ring (bicyclic) bond motifs is 12. The van der Waals surface area contributed by atoms with E-state index in [1.807, 2.05) is 36.7 Å². The van der Waals surface area contributed by atoms with Gasteiger partial charge < -0.3 is 18.1 Å². The minimum absolute atomic E-state index is 0. The molecule has 0 N–H and O–H groups in total. The number of pyridine rings is 2. The van der Waals surface area contributed by atoms with Crippen LogP contribution in [0.2, 0.25) is 0 Å². The molecule has 0 unspecified atom stereocenters. The Morgan fingerprint density at radius 3 is 2.08 bits per heavy atom. The van der Waals surface area contributed by atoms with E-state index >= 15 is 0 Å². The zero-order valence-electron chi connectivity index (χ0n) is 35.2. The molecular formula is C54H44N4O2Pt. The Hall–Kier alpha value is -6.23. The first-order valence-electron chi connectivity index (χ1n) is 20.9. The smallest absolute Gasteiger partial charge is 0.503 e. The van der Waals surface area contributed by atoms with Crippen molar-refractivity contribution in [3.63, 3.8) is 0 Å². The van der Waals surface area contributed by atoms with Crippen molar-refractivity contribution in [3.05, 3.63) is 156 Å². The van der Waals surface area contributed by atoms with Crippen LogP contribution in [0, 0.1) is 12.1 Å². The van der Waals surface area contributed by atoms with E-state index in [4.69, 9.17) is 19.1 Å². The van der Waals surface area contributed by atoms with Crippen LogP contribution < -0.4 is 4.74 Å². The molecule has 0 aliphatic rings. The SMILES string of the molecule is CC(C)c1cccc(C(C)C)c1-c1cnc2c3[c-]c(Oc4[c-]c5c(cc4)c4ccccc4n5-c4cc(C(C)(C)C)ccn4)ccc3c3cc4oc5ccccc5c4cc3n12.[Pt+2]. The van der Waals surface area contributed by atoms with Gasteiger partial charge in [0.25, 0.3) is 0 Å². The number of hydrogen-bond donors (Lipinski definition) is 0. The molecule has 5 heterocycles. The standard InChI is InChI=1S/C54H44N4O2.Pt/c1-31(2)36-15-12-16-37(32(3)4)52(36)48-30-56-53-44-26-34(19-21-38(44)42-29-50-43(28-47(42)58(48)53)41-14-9-11-18-49(41)60-50)59-35-20-22-40-39-13-8-10-17-45(39)57(46(40)27-35)51-25-33(23-24-55-51)54(5,6)7;/h8-25,28-32H,1-7H3;/q-2;+2. The quantitative estimate of drug-likeness (QED) is 0.123. The summed E-state index contributed by atoms with van der Waals surface area (Å²) in [5.41, 5.74) is 11.7. The summed E-state index contributed by atoms with van der Waals surface area (Å²) < 4.78 is 17.7. The maximum Gasteiger partial charge on any atom is 2.00 e. The molecule has 0 aliphatic carbocycles. The molecule has 0 radical (unpaired) electrons. The van der Waals surface area contributed by atoms with Gasteiger partial charge in [-0.1, -0.05) is 125 Å². The molecule has 7 heteroatoms. The van der Waals surface area contributed by atoms with E-state index in [9.17, 15) is 0 Å².